The van der Waals surface area contributed by atoms with Crippen LogP contribution in [0, 0.1) is 5.82 Å². The average Bonchev–Trinajstić information content (AvgIpc) is 2.15. The SMILES string of the molecule is COCCCNc1ccc(F)cc1N. The lowest BCUT2D eigenvalue weighted by Crippen LogP contribution is -2.06. The fraction of sp³-hybridized carbons (Fsp3) is 0.400. The van der Waals surface area contributed by atoms with E-state index in [2.05, 4.69) is 5.32 Å². The van der Waals surface area contributed by atoms with Gasteiger partial charge in [0.2, 0.25) is 0 Å². The maximum absolute atomic E-state index is 12.7. The molecule has 0 amide bonds. The molecule has 0 saturated carbocycles. The summed E-state index contributed by atoms with van der Waals surface area (Å²) in [4.78, 5) is 0. The summed E-state index contributed by atoms with van der Waals surface area (Å²) in [5, 5.41) is 3.10. The molecule has 0 spiro atoms. The molecule has 4 heteroatoms. The summed E-state index contributed by atoms with van der Waals surface area (Å²) >= 11 is 0. The van der Waals surface area contributed by atoms with Crippen LogP contribution in [0.15, 0.2) is 18.2 Å². The zero-order chi connectivity index (χ0) is 10.4. The van der Waals surface area contributed by atoms with Crippen molar-refractivity contribution in [1.82, 2.24) is 0 Å². The normalized spacial score (nSPS) is 10.1. The first-order valence-corrected chi connectivity index (χ1v) is 4.52. The van der Waals surface area contributed by atoms with Crippen molar-refractivity contribution < 1.29 is 9.13 Å². The predicted octanol–water partition coefficient (Wildman–Crippen LogP) is 1.86. The summed E-state index contributed by atoms with van der Waals surface area (Å²) in [6.07, 6.45) is 0.896. The molecule has 1 aromatic carbocycles. The van der Waals surface area contributed by atoms with Crippen LogP contribution < -0.4 is 11.1 Å². The van der Waals surface area contributed by atoms with Crippen molar-refractivity contribution in [1.29, 1.82) is 0 Å². The molecule has 0 atom stereocenters. The Morgan fingerprint density at radius 1 is 1.50 bits per heavy atom. The zero-order valence-electron chi connectivity index (χ0n) is 8.22. The molecule has 0 radical (unpaired) electrons. The fourth-order valence-electron chi connectivity index (χ4n) is 1.13. The lowest BCUT2D eigenvalue weighted by Gasteiger charge is -2.08. The average molecular weight is 198 g/mol. The van der Waals surface area contributed by atoms with Gasteiger partial charge in [0, 0.05) is 20.3 Å². The van der Waals surface area contributed by atoms with Crippen LogP contribution in [0.5, 0.6) is 0 Å². The number of nitrogens with one attached hydrogen (secondary N) is 1. The highest BCUT2D eigenvalue weighted by molar-refractivity contribution is 5.65. The van der Waals surface area contributed by atoms with E-state index in [1.165, 1.54) is 12.1 Å². The molecule has 3 N–H and O–H groups in total. The van der Waals surface area contributed by atoms with Gasteiger partial charge in [0.1, 0.15) is 5.82 Å². The monoisotopic (exact) mass is 198 g/mol. The number of halogens is 1. The van der Waals surface area contributed by atoms with Crippen molar-refractivity contribution in [3.05, 3.63) is 24.0 Å². The molecule has 0 fully saturated rings. The summed E-state index contributed by atoms with van der Waals surface area (Å²) in [6, 6.07) is 4.32. The fourth-order valence-corrected chi connectivity index (χ4v) is 1.13. The lowest BCUT2D eigenvalue weighted by atomic mass is 10.2. The number of hydrogen-bond donors (Lipinski definition) is 2. The smallest absolute Gasteiger partial charge is 0.125 e. The highest BCUT2D eigenvalue weighted by Gasteiger charge is 1.99. The van der Waals surface area contributed by atoms with E-state index in [0.29, 0.717) is 12.3 Å². The third kappa shape index (κ3) is 3.22. The minimum atomic E-state index is -0.315. The van der Waals surface area contributed by atoms with E-state index in [4.69, 9.17) is 10.5 Å². The molecule has 0 aliphatic heterocycles. The molecule has 14 heavy (non-hydrogen) atoms. The quantitative estimate of drug-likeness (QED) is 0.560. The van der Waals surface area contributed by atoms with Crippen LogP contribution >= 0.6 is 0 Å². The molecule has 1 aromatic rings. The number of nitrogens with two attached hydrogens (primary N) is 1. The number of ether oxygens (including phenoxy) is 1. The highest BCUT2D eigenvalue weighted by Crippen LogP contribution is 2.18. The van der Waals surface area contributed by atoms with Crippen LogP contribution in [0.3, 0.4) is 0 Å². The second-order valence-corrected chi connectivity index (χ2v) is 3.00. The minimum absolute atomic E-state index is 0.315. The maximum Gasteiger partial charge on any atom is 0.125 e. The van der Waals surface area contributed by atoms with Gasteiger partial charge in [0.25, 0.3) is 0 Å². The zero-order valence-corrected chi connectivity index (χ0v) is 8.22. The van der Waals surface area contributed by atoms with E-state index in [-0.39, 0.29) is 5.82 Å². The Bertz CT molecular complexity index is 291. The molecule has 0 saturated heterocycles. The van der Waals surface area contributed by atoms with Crippen molar-refractivity contribution in [2.75, 3.05) is 31.3 Å². The number of hydrogen-bond acceptors (Lipinski definition) is 3. The van der Waals surface area contributed by atoms with Crippen LogP contribution in [-0.2, 0) is 4.74 Å². The molecular weight excluding hydrogens is 183 g/mol. The first-order valence-electron chi connectivity index (χ1n) is 4.52. The molecule has 0 bridgehead atoms. The third-order valence-corrected chi connectivity index (χ3v) is 1.85. The van der Waals surface area contributed by atoms with Gasteiger partial charge in [-0.25, -0.2) is 4.39 Å². The highest BCUT2D eigenvalue weighted by atomic mass is 19.1. The summed E-state index contributed by atoms with van der Waals surface area (Å²) in [7, 11) is 1.66. The largest absolute Gasteiger partial charge is 0.397 e. The Morgan fingerprint density at radius 2 is 2.29 bits per heavy atom. The molecular formula is C10H15FN2O. The van der Waals surface area contributed by atoms with Crippen molar-refractivity contribution in [2.45, 2.75) is 6.42 Å². The topological polar surface area (TPSA) is 47.3 Å². The number of methoxy groups -OCH3 is 1. The molecule has 0 heterocycles. The Kier molecular flexibility index (Phi) is 4.19. The predicted molar refractivity (Wildman–Crippen MR) is 55.8 cm³/mol. The van der Waals surface area contributed by atoms with Crippen molar-refractivity contribution >= 4 is 11.4 Å². The van der Waals surface area contributed by atoms with Crippen molar-refractivity contribution in [2.24, 2.45) is 0 Å². The van der Waals surface area contributed by atoms with Crippen molar-refractivity contribution in [3.8, 4) is 0 Å². The first-order chi connectivity index (χ1) is 6.74. The molecule has 0 aliphatic carbocycles. The Hall–Kier alpha value is -1.29. The van der Waals surface area contributed by atoms with Gasteiger partial charge in [-0.05, 0) is 24.6 Å². The van der Waals surface area contributed by atoms with Gasteiger partial charge in [0.15, 0.2) is 0 Å². The summed E-state index contributed by atoms with van der Waals surface area (Å²) in [5.41, 5.74) is 6.80. The first kappa shape index (κ1) is 10.8. The van der Waals surface area contributed by atoms with Crippen LogP contribution in [0.1, 0.15) is 6.42 Å². The summed E-state index contributed by atoms with van der Waals surface area (Å²) in [5.74, 6) is -0.315. The van der Waals surface area contributed by atoms with E-state index in [0.717, 1.165) is 18.7 Å². The second-order valence-electron chi connectivity index (χ2n) is 3.00. The van der Waals surface area contributed by atoms with Crippen LogP contribution in [-0.4, -0.2) is 20.3 Å². The second kappa shape index (κ2) is 5.44. The van der Waals surface area contributed by atoms with Gasteiger partial charge in [0.05, 0.1) is 11.4 Å². The molecule has 78 valence electrons. The van der Waals surface area contributed by atoms with Gasteiger partial charge in [-0.2, -0.15) is 0 Å². The Morgan fingerprint density at radius 3 is 2.93 bits per heavy atom. The van der Waals surface area contributed by atoms with Crippen LogP contribution in [0.25, 0.3) is 0 Å². The molecule has 0 aliphatic rings. The number of anilines is 2. The molecule has 0 aromatic heterocycles. The van der Waals surface area contributed by atoms with Gasteiger partial charge in [-0.15, -0.1) is 0 Å². The van der Waals surface area contributed by atoms with E-state index < -0.39 is 0 Å². The van der Waals surface area contributed by atoms with Gasteiger partial charge in [-0.3, -0.25) is 0 Å². The van der Waals surface area contributed by atoms with Crippen LogP contribution in [0.2, 0.25) is 0 Å². The van der Waals surface area contributed by atoms with Gasteiger partial charge in [-0.1, -0.05) is 0 Å². The number of benzene rings is 1. The van der Waals surface area contributed by atoms with E-state index in [1.54, 1.807) is 13.2 Å². The van der Waals surface area contributed by atoms with Crippen LogP contribution in [0.4, 0.5) is 15.8 Å². The van der Waals surface area contributed by atoms with Crippen molar-refractivity contribution in [3.63, 3.8) is 0 Å². The Balaban J connectivity index is 2.42. The standard InChI is InChI=1S/C10H15FN2O/c1-14-6-2-5-13-10-4-3-8(11)7-9(10)12/h3-4,7,13H,2,5-6,12H2,1H3. The maximum atomic E-state index is 12.7. The van der Waals surface area contributed by atoms with Gasteiger partial charge < -0.3 is 15.8 Å². The third-order valence-electron chi connectivity index (χ3n) is 1.85. The summed E-state index contributed by atoms with van der Waals surface area (Å²) < 4.78 is 17.6. The number of nitrogen functional groups attached to an aromatic ring is 1. The Labute approximate surface area is 83.1 Å². The van der Waals surface area contributed by atoms with E-state index >= 15 is 0 Å². The lowest BCUT2D eigenvalue weighted by molar-refractivity contribution is 0.198. The molecule has 0 unspecified atom stereocenters. The van der Waals surface area contributed by atoms with Gasteiger partial charge >= 0.3 is 0 Å². The van der Waals surface area contributed by atoms with E-state index in [1.807, 2.05) is 0 Å². The minimum Gasteiger partial charge on any atom is -0.397 e. The number of rotatable bonds is 5. The summed E-state index contributed by atoms with van der Waals surface area (Å²) in [6.45, 7) is 1.47. The van der Waals surface area contributed by atoms with E-state index in [9.17, 15) is 4.39 Å². The molecule has 1 rings (SSSR count). The molecule has 3 nitrogen and oxygen atoms in total.